The molecular weight excluding hydrogens is 422 g/mol. The summed E-state index contributed by atoms with van der Waals surface area (Å²) in [6, 6.07) is 13.8. The zero-order valence-corrected chi connectivity index (χ0v) is 19.0. The molecule has 1 aromatic heterocycles. The number of rotatable bonds is 5. The topological polar surface area (TPSA) is 57.3 Å². The fraction of sp³-hybridized carbons (Fsp3) is 0.360. The van der Waals surface area contributed by atoms with E-state index in [1.54, 1.807) is 18.4 Å². The first-order valence-electron chi connectivity index (χ1n) is 11.1. The molecule has 32 heavy (non-hydrogen) atoms. The lowest BCUT2D eigenvalue weighted by atomic mass is 9.90. The van der Waals surface area contributed by atoms with Crippen LogP contribution in [-0.2, 0) is 0 Å². The number of nitrogens with zero attached hydrogens (tertiary/aromatic N) is 3. The number of hydrogen-bond acceptors (Lipinski definition) is 6. The minimum atomic E-state index is 0.526. The molecule has 2 aromatic carbocycles. The van der Waals surface area contributed by atoms with E-state index >= 15 is 0 Å². The molecule has 1 aliphatic carbocycles. The van der Waals surface area contributed by atoms with E-state index < -0.39 is 0 Å². The van der Waals surface area contributed by atoms with Gasteiger partial charge in [-0.15, -0.1) is 11.3 Å². The SMILES string of the molecule is COc1ccc(N=c2scc(-c3ccc4c(c3)OCCO4)n2N=CC2CCCCC2)cc1. The van der Waals surface area contributed by atoms with Crippen LogP contribution in [0.1, 0.15) is 32.1 Å². The van der Waals surface area contributed by atoms with Crippen LogP contribution in [0.15, 0.2) is 57.9 Å². The lowest BCUT2D eigenvalue weighted by Crippen LogP contribution is -2.16. The van der Waals surface area contributed by atoms with Crippen molar-refractivity contribution in [2.45, 2.75) is 32.1 Å². The molecule has 0 bridgehead atoms. The molecule has 5 rings (SSSR count). The Labute approximate surface area is 191 Å². The van der Waals surface area contributed by atoms with E-state index in [2.05, 4.69) is 17.7 Å². The fourth-order valence-corrected chi connectivity index (χ4v) is 4.96. The fourth-order valence-electron chi connectivity index (χ4n) is 4.10. The van der Waals surface area contributed by atoms with E-state index in [1.807, 2.05) is 41.1 Å². The van der Waals surface area contributed by atoms with Gasteiger partial charge in [0.2, 0.25) is 4.80 Å². The molecule has 7 heteroatoms. The summed E-state index contributed by atoms with van der Waals surface area (Å²) >= 11 is 1.58. The summed E-state index contributed by atoms with van der Waals surface area (Å²) in [7, 11) is 1.67. The van der Waals surface area contributed by atoms with Crippen LogP contribution in [0, 0.1) is 5.92 Å². The lowest BCUT2D eigenvalue weighted by molar-refractivity contribution is 0.171. The van der Waals surface area contributed by atoms with Gasteiger partial charge in [-0.05, 0) is 61.2 Å². The van der Waals surface area contributed by atoms with E-state index in [0.29, 0.717) is 19.1 Å². The van der Waals surface area contributed by atoms with Gasteiger partial charge in [0.25, 0.3) is 0 Å². The lowest BCUT2D eigenvalue weighted by Gasteiger charge is -2.19. The third kappa shape index (κ3) is 4.58. The molecule has 1 aliphatic heterocycles. The zero-order chi connectivity index (χ0) is 21.8. The van der Waals surface area contributed by atoms with Crippen molar-refractivity contribution in [1.29, 1.82) is 0 Å². The summed E-state index contributed by atoms with van der Waals surface area (Å²) in [5.41, 5.74) is 2.89. The van der Waals surface area contributed by atoms with E-state index in [1.165, 1.54) is 32.1 Å². The molecule has 0 amide bonds. The maximum Gasteiger partial charge on any atom is 0.211 e. The molecule has 0 radical (unpaired) electrons. The number of aromatic nitrogens is 1. The molecule has 0 atom stereocenters. The van der Waals surface area contributed by atoms with Crippen LogP contribution in [0.4, 0.5) is 5.69 Å². The van der Waals surface area contributed by atoms with Gasteiger partial charge < -0.3 is 14.2 Å². The van der Waals surface area contributed by atoms with Gasteiger partial charge in [-0.1, -0.05) is 19.3 Å². The van der Waals surface area contributed by atoms with Crippen LogP contribution < -0.4 is 19.0 Å². The largest absolute Gasteiger partial charge is 0.497 e. The van der Waals surface area contributed by atoms with Crippen molar-refractivity contribution in [1.82, 2.24) is 4.68 Å². The highest BCUT2D eigenvalue weighted by molar-refractivity contribution is 7.07. The zero-order valence-electron chi connectivity index (χ0n) is 18.2. The second-order valence-electron chi connectivity index (χ2n) is 8.05. The number of hydrogen-bond donors (Lipinski definition) is 0. The molecule has 0 unspecified atom stereocenters. The van der Waals surface area contributed by atoms with Crippen molar-refractivity contribution in [2.24, 2.45) is 16.0 Å². The van der Waals surface area contributed by atoms with Crippen molar-refractivity contribution >= 4 is 23.2 Å². The van der Waals surface area contributed by atoms with E-state index in [-0.39, 0.29) is 0 Å². The Morgan fingerprint density at radius 3 is 2.56 bits per heavy atom. The van der Waals surface area contributed by atoms with Crippen molar-refractivity contribution in [3.63, 3.8) is 0 Å². The van der Waals surface area contributed by atoms with Gasteiger partial charge in [0, 0.05) is 17.2 Å². The minimum absolute atomic E-state index is 0.526. The maximum absolute atomic E-state index is 5.80. The van der Waals surface area contributed by atoms with Crippen LogP contribution in [0.25, 0.3) is 11.3 Å². The number of thiazole rings is 1. The summed E-state index contributed by atoms with van der Waals surface area (Å²) in [6.07, 6.45) is 8.42. The predicted octanol–water partition coefficient (Wildman–Crippen LogP) is 5.64. The third-order valence-corrected chi connectivity index (χ3v) is 6.68. The van der Waals surface area contributed by atoms with Gasteiger partial charge in [0.05, 0.1) is 18.5 Å². The van der Waals surface area contributed by atoms with Gasteiger partial charge in [-0.25, -0.2) is 9.67 Å². The third-order valence-electron chi connectivity index (χ3n) is 5.86. The highest BCUT2D eigenvalue weighted by atomic mass is 32.1. The number of methoxy groups -OCH3 is 1. The van der Waals surface area contributed by atoms with Gasteiger partial charge in [-0.2, -0.15) is 5.10 Å². The first-order chi connectivity index (χ1) is 15.8. The molecule has 0 spiro atoms. The molecule has 166 valence electrons. The average Bonchev–Trinajstić information content (AvgIpc) is 3.25. The first kappa shape index (κ1) is 20.8. The van der Waals surface area contributed by atoms with Crippen molar-refractivity contribution in [3.8, 4) is 28.5 Å². The van der Waals surface area contributed by atoms with Crippen molar-refractivity contribution in [2.75, 3.05) is 20.3 Å². The average molecular weight is 450 g/mol. The molecule has 6 nitrogen and oxygen atoms in total. The first-order valence-corrected chi connectivity index (χ1v) is 12.0. The second-order valence-corrected chi connectivity index (χ2v) is 8.88. The molecular formula is C25H27N3O3S. The van der Waals surface area contributed by atoms with Crippen LogP contribution >= 0.6 is 11.3 Å². The second kappa shape index (κ2) is 9.61. The standard InChI is InChI=1S/C25H27N3O3S/c1-29-21-10-8-20(9-11-21)27-25-28(26-16-18-5-3-2-4-6-18)22(17-32-25)19-7-12-23-24(15-19)31-14-13-30-23/h7-12,15-18H,2-6,13-14H2,1H3. The van der Waals surface area contributed by atoms with E-state index in [4.69, 9.17) is 24.3 Å². The Bertz CT molecular complexity index is 1160. The highest BCUT2D eigenvalue weighted by Crippen LogP contribution is 2.35. The summed E-state index contributed by atoms with van der Waals surface area (Å²) in [5, 5.41) is 7.02. The van der Waals surface area contributed by atoms with E-state index in [0.717, 1.165) is 39.0 Å². The normalized spacial score (nSPS) is 17.1. The smallest absolute Gasteiger partial charge is 0.211 e. The number of benzene rings is 2. The van der Waals surface area contributed by atoms with Gasteiger partial charge in [0.15, 0.2) is 11.5 Å². The quantitative estimate of drug-likeness (QED) is 0.474. The van der Waals surface area contributed by atoms with Gasteiger partial charge in [-0.3, -0.25) is 0 Å². The summed E-state index contributed by atoms with van der Waals surface area (Å²) < 4.78 is 18.7. The molecule has 1 fully saturated rings. The molecule has 2 aliphatic rings. The molecule has 1 saturated carbocycles. The Hall–Kier alpha value is -3.06. The summed E-state index contributed by atoms with van der Waals surface area (Å²) in [4.78, 5) is 5.70. The summed E-state index contributed by atoms with van der Waals surface area (Å²) in [5.74, 6) is 2.90. The van der Waals surface area contributed by atoms with Crippen LogP contribution in [0.3, 0.4) is 0 Å². The Morgan fingerprint density at radius 1 is 1.00 bits per heavy atom. The monoisotopic (exact) mass is 449 g/mol. The maximum atomic E-state index is 5.80. The number of ether oxygens (including phenoxy) is 3. The number of fused-ring (bicyclic) bond motifs is 1. The van der Waals surface area contributed by atoms with Crippen LogP contribution in [0.2, 0.25) is 0 Å². The Kier molecular flexibility index (Phi) is 6.25. The van der Waals surface area contributed by atoms with E-state index in [9.17, 15) is 0 Å². The molecule has 0 saturated heterocycles. The predicted molar refractivity (Wildman–Crippen MR) is 127 cm³/mol. The van der Waals surface area contributed by atoms with Crippen molar-refractivity contribution in [3.05, 3.63) is 52.6 Å². The Balaban J connectivity index is 1.55. The Morgan fingerprint density at radius 2 is 1.78 bits per heavy atom. The van der Waals surface area contributed by atoms with Crippen molar-refractivity contribution < 1.29 is 14.2 Å². The minimum Gasteiger partial charge on any atom is -0.497 e. The molecule has 3 aromatic rings. The van der Waals surface area contributed by atoms with Gasteiger partial charge in [0.1, 0.15) is 19.0 Å². The molecule has 2 heterocycles. The van der Waals surface area contributed by atoms with Crippen LogP contribution in [-0.4, -0.2) is 31.2 Å². The van der Waals surface area contributed by atoms with Gasteiger partial charge >= 0.3 is 0 Å². The highest BCUT2D eigenvalue weighted by Gasteiger charge is 2.16. The van der Waals surface area contributed by atoms with Crippen LogP contribution in [0.5, 0.6) is 17.2 Å². The molecule has 0 N–H and O–H groups in total. The summed E-state index contributed by atoms with van der Waals surface area (Å²) in [6.45, 7) is 1.15.